The second kappa shape index (κ2) is 7.39. The SMILES string of the molecule is CC(CCc1ccc(O)cc1)NC(=O)N1CCc2ccccc2C1. The molecule has 1 atom stereocenters. The van der Waals surface area contributed by atoms with Crippen LogP contribution in [0.25, 0.3) is 0 Å². The van der Waals surface area contributed by atoms with Crippen molar-refractivity contribution in [3.63, 3.8) is 0 Å². The Morgan fingerprint density at radius 2 is 1.88 bits per heavy atom. The second-order valence-electron chi connectivity index (χ2n) is 6.50. The van der Waals surface area contributed by atoms with Crippen molar-refractivity contribution in [1.82, 2.24) is 10.2 Å². The highest BCUT2D eigenvalue weighted by atomic mass is 16.3. The summed E-state index contributed by atoms with van der Waals surface area (Å²) >= 11 is 0. The highest BCUT2D eigenvalue weighted by Crippen LogP contribution is 2.18. The van der Waals surface area contributed by atoms with Gasteiger partial charge in [0.2, 0.25) is 0 Å². The van der Waals surface area contributed by atoms with Crippen LogP contribution < -0.4 is 5.32 Å². The molecule has 3 rings (SSSR count). The maximum Gasteiger partial charge on any atom is 0.317 e. The van der Waals surface area contributed by atoms with Gasteiger partial charge in [-0.15, -0.1) is 0 Å². The number of aryl methyl sites for hydroxylation is 1. The molecule has 0 aliphatic carbocycles. The molecule has 0 aromatic heterocycles. The summed E-state index contributed by atoms with van der Waals surface area (Å²) in [4.78, 5) is 14.3. The first kappa shape index (κ1) is 16.4. The molecule has 0 spiro atoms. The summed E-state index contributed by atoms with van der Waals surface area (Å²) in [7, 11) is 0. The third-order valence-electron chi connectivity index (χ3n) is 4.59. The minimum absolute atomic E-state index is 0.0164. The highest BCUT2D eigenvalue weighted by molar-refractivity contribution is 5.74. The molecule has 1 unspecified atom stereocenters. The Morgan fingerprint density at radius 1 is 1.17 bits per heavy atom. The maximum atomic E-state index is 12.5. The van der Waals surface area contributed by atoms with Crippen molar-refractivity contribution in [2.45, 2.75) is 38.8 Å². The van der Waals surface area contributed by atoms with E-state index in [1.54, 1.807) is 12.1 Å². The summed E-state index contributed by atoms with van der Waals surface area (Å²) in [6, 6.07) is 15.7. The van der Waals surface area contributed by atoms with Crippen molar-refractivity contribution in [2.24, 2.45) is 0 Å². The number of phenolic OH excluding ortho intramolecular Hbond substituents is 1. The van der Waals surface area contributed by atoms with Crippen molar-refractivity contribution in [3.8, 4) is 5.75 Å². The van der Waals surface area contributed by atoms with Crippen LogP contribution in [0.4, 0.5) is 4.79 Å². The lowest BCUT2D eigenvalue weighted by Gasteiger charge is -2.30. The molecule has 24 heavy (non-hydrogen) atoms. The van der Waals surface area contributed by atoms with Crippen LogP contribution in [0.3, 0.4) is 0 Å². The van der Waals surface area contributed by atoms with Crippen LogP contribution in [-0.4, -0.2) is 28.6 Å². The number of amides is 2. The minimum atomic E-state index is 0.0164. The smallest absolute Gasteiger partial charge is 0.317 e. The Kier molecular flexibility index (Phi) is 5.04. The normalized spacial score (nSPS) is 14.8. The van der Waals surface area contributed by atoms with Gasteiger partial charge in [-0.2, -0.15) is 0 Å². The molecule has 0 saturated heterocycles. The molecular weight excluding hydrogens is 300 g/mol. The standard InChI is InChI=1S/C20H24N2O2/c1-15(6-7-16-8-10-19(23)11-9-16)21-20(24)22-13-12-17-4-2-3-5-18(17)14-22/h2-5,8-11,15,23H,6-7,12-14H2,1H3,(H,21,24). The summed E-state index contributed by atoms with van der Waals surface area (Å²) in [5.74, 6) is 0.283. The predicted molar refractivity (Wildman–Crippen MR) is 95.0 cm³/mol. The van der Waals surface area contributed by atoms with Gasteiger partial charge in [-0.1, -0.05) is 36.4 Å². The van der Waals surface area contributed by atoms with Gasteiger partial charge in [0.25, 0.3) is 0 Å². The first-order chi connectivity index (χ1) is 11.6. The predicted octanol–water partition coefficient (Wildman–Crippen LogP) is 3.48. The van der Waals surface area contributed by atoms with Gasteiger partial charge >= 0.3 is 6.03 Å². The first-order valence-corrected chi connectivity index (χ1v) is 8.52. The molecule has 4 heteroatoms. The molecule has 0 saturated carbocycles. The van der Waals surface area contributed by atoms with E-state index in [0.29, 0.717) is 6.54 Å². The Labute approximate surface area is 143 Å². The summed E-state index contributed by atoms with van der Waals surface area (Å²) in [6.07, 6.45) is 2.68. The zero-order valence-corrected chi connectivity index (χ0v) is 14.0. The zero-order chi connectivity index (χ0) is 16.9. The number of nitrogens with zero attached hydrogens (tertiary/aromatic N) is 1. The highest BCUT2D eigenvalue weighted by Gasteiger charge is 2.21. The molecule has 2 N–H and O–H groups in total. The number of nitrogens with one attached hydrogen (secondary N) is 1. The number of carbonyl (C=O) groups is 1. The van der Waals surface area contributed by atoms with Gasteiger partial charge in [0.1, 0.15) is 5.75 Å². The molecule has 1 aliphatic rings. The van der Waals surface area contributed by atoms with Crippen molar-refractivity contribution < 1.29 is 9.90 Å². The van der Waals surface area contributed by atoms with Crippen molar-refractivity contribution in [2.75, 3.05) is 6.54 Å². The number of benzene rings is 2. The van der Waals surface area contributed by atoms with Gasteiger partial charge in [0.05, 0.1) is 0 Å². The number of hydrogen-bond donors (Lipinski definition) is 2. The molecule has 2 amide bonds. The lowest BCUT2D eigenvalue weighted by molar-refractivity contribution is 0.188. The molecule has 1 heterocycles. The van der Waals surface area contributed by atoms with Crippen molar-refractivity contribution in [1.29, 1.82) is 0 Å². The van der Waals surface area contributed by atoms with E-state index in [0.717, 1.165) is 25.8 Å². The van der Waals surface area contributed by atoms with Gasteiger partial charge < -0.3 is 15.3 Å². The van der Waals surface area contributed by atoms with Gasteiger partial charge in [-0.3, -0.25) is 0 Å². The second-order valence-corrected chi connectivity index (χ2v) is 6.50. The number of hydrogen-bond acceptors (Lipinski definition) is 2. The van der Waals surface area contributed by atoms with Crippen LogP contribution >= 0.6 is 0 Å². The van der Waals surface area contributed by atoms with E-state index < -0.39 is 0 Å². The van der Waals surface area contributed by atoms with Gasteiger partial charge in [0.15, 0.2) is 0 Å². The Hall–Kier alpha value is -2.49. The van der Waals surface area contributed by atoms with Crippen LogP contribution in [0.1, 0.15) is 30.0 Å². The minimum Gasteiger partial charge on any atom is -0.508 e. The van der Waals surface area contributed by atoms with E-state index in [1.165, 1.54) is 16.7 Å². The van der Waals surface area contributed by atoms with E-state index in [4.69, 9.17) is 0 Å². The van der Waals surface area contributed by atoms with Crippen molar-refractivity contribution >= 4 is 6.03 Å². The van der Waals surface area contributed by atoms with Crippen LogP contribution in [0.5, 0.6) is 5.75 Å². The van der Waals surface area contributed by atoms with Crippen LogP contribution in [0.15, 0.2) is 48.5 Å². The average Bonchev–Trinajstić information content (AvgIpc) is 2.61. The van der Waals surface area contributed by atoms with Crippen molar-refractivity contribution in [3.05, 3.63) is 65.2 Å². The fourth-order valence-corrected chi connectivity index (χ4v) is 3.09. The van der Waals surface area contributed by atoms with Gasteiger partial charge in [0, 0.05) is 19.1 Å². The molecule has 126 valence electrons. The Balaban J connectivity index is 1.49. The lowest BCUT2D eigenvalue weighted by atomic mass is 10.0. The molecular formula is C20H24N2O2. The molecule has 4 nitrogen and oxygen atoms in total. The topological polar surface area (TPSA) is 52.6 Å². The summed E-state index contributed by atoms with van der Waals surface area (Å²) in [5, 5.41) is 12.4. The largest absolute Gasteiger partial charge is 0.508 e. The first-order valence-electron chi connectivity index (χ1n) is 8.52. The maximum absolute atomic E-state index is 12.5. The number of aromatic hydroxyl groups is 1. The third kappa shape index (κ3) is 4.07. The fourth-order valence-electron chi connectivity index (χ4n) is 3.09. The number of carbonyl (C=O) groups excluding carboxylic acids is 1. The molecule has 2 aromatic rings. The summed E-state index contributed by atoms with van der Waals surface area (Å²) < 4.78 is 0. The van der Waals surface area contributed by atoms with E-state index in [1.807, 2.05) is 30.0 Å². The average molecular weight is 324 g/mol. The summed E-state index contributed by atoms with van der Waals surface area (Å²) in [5.41, 5.74) is 3.76. The number of rotatable bonds is 4. The molecule has 2 aromatic carbocycles. The fraction of sp³-hybridized carbons (Fsp3) is 0.350. The van der Waals surface area contributed by atoms with E-state index >= 15 is 0 Å². The Morgan fingerprint density at radius 3 is 2.62 bits per heavy atom. The molecule has 0 bridgehead atoms. The molecule has 1 aliphatic heterocycles. The third-order valence-corrected chi connectivity index (χ3v) is 4.59. The van der Waals surface area contributed by atoms with Crippen LogP contribution in [0.2, 0.25) is 0 Å². The van der Waals surface area contributed by atoms with Gasteiger partial charge in [-0.25, -0.2) is 4.79 Å². The van der Waals surface area contributed by atoms with Gasteiger partial charge in [-0.05, 0) is 55.0 Å². The summed E-state index contributed by atoms with van der Waals surface area (Å²) in [6.45, 7) is 3.50. The number of fused-ring (bicyclic) bond motifs is 1. The molecule has 0 radical (unpaired) electrons. The Bertz CT molecular complexity index is 697. The number of urea groups is 1. The van der Waals surface area contributed by atoms with E-state index in [9.17, 15) is 9.90 Å². The van der Waals surface area contributed by atoms with Crippen LogP contribution in [0, 0.1) is 0 Å². The number of phenols is 1. The quantitative estimate of drug-likeness (QED) is 0.904. The zero-order valence-electron chi connectivity index (χ0n) is 14.0. The van der Waals surface area contributed by atoms with E-state index in [2.05, 4.69) is 23.5 Å². The lowest BCUT2D eigenvalue weighted by Crippen LogP contribution is -2.45. The monoisotopic (exact) mass is 324 g/mol. The molecule has 0 fully saturated rings. The van der Waals surface area contributed by atoms with Crippen LogP contribution in [-0.2, 0) is 19.4 Å². The van der Waals surface area contributed by atoms with E-state index in [-0.39, 0.29) is 17.8 Å².